The van der Waals surface area contributed by atoms with Crippen LogP contribution in [0.2, 0.25) is 0 Å². The van der Waals surface area contributed by atoms with Gasteiger partial charge in [-0.05, 0) is 65.3 Å². The normalized spacial score (nSPS) is 15.3. The molecule has 2 heterocycles. The van der Waals surface area contributed by atoms with Gasteiger partial charge in [0.05, 0.1) is 12.1 Å². The summed E-state index contributed by atoms with van der Waals surface area (Å²) in [6, 6.07) is 12.3. The molecule has 0 atom stereocenters. The Morgan fingerprint density at radius 1 is 1.13 bits per heavy atom. The van der Waals surface area contributed by atoms with E-state index in [-0.39, 0.29) is 4.90 Å². The van der Waals surface area contributed by atoms with E-state index in [4.69, 9.17) is 16.3 Å². The second kappa shape index (κ2) is 8.38. The van der Waals surface area contributed by atoms with Gasteiger partial charge in [0.2, 0.25) is 0 Å². The van der Waals surface area contributed by atoms with Crippen LogP contribution < -0.4 is 4.74 Å². The van der Waals surface area contributed by atoms with Crippen LogP contribution in [0.4, 0.5) is 0 Å². The number of ether oxygens (including phenoxy) is 1. The second-order valence-electron chi connectivity index (χ2n) is 7.07. The van der Waals surface area contributed by atoms with Gasteiger partial charge in [-0.3, -0.25) is 4.90 Å². The zero-order valence-corrected chi connectivity index (χ0v) is 19.9. The van der Waals surface area contributed by atoms with Gasteiger partial charge in [0.25, 0.3) is 10.0 Å². The van der Waals surface area contributed by atoms with Crippen LogP contribution in [0, 0.1) is 0 Å². The number of hydrogen-bond acceptors (Lipinski definition) is 4. The first-order chi connectivity index (χ1) is 14.4. The van der Waals surface area contributed by atoms with Gasteiger partial charge in [-0.2, -0.15) is 0 Å². The molecule has 2 aromatic carbocycles. The highest BCUT2D eigenvalue weighted by molar-refractivity contribution is 9.10. The number of aromatic nitrogens is 1. The molecule has 8 heteroatoms. The van der Waals surface area contributed by atoms with Gasteiger partial charge < -0.3 is 4.74 Å². The number of hydrogen-bond donors (Lipinski definition) is 0. The van der Waals surface area contributed by atoms with Crippen molar-refractivity contribution < 1.29 is 13.2 Å². The minimum absolute atomic E-state index is 0.212. The van der Waals surface area contributed by atoms with Gasteiger partial charge in [-0.15, -0.1) is 0 Å². The molecule has 5 nitrogen and oxygen atoms in total. The summed E-state index contributed by atoms with van der Waals surface area (Å²) in [6.45, 7) is 6.76. The lowest BCUT2D eigenvalue weighted by Crippen LogP contribution is -2.20. The van der Waals surface area contributed by atoms with Crippen LogP contribution in [0.5, 0.6) is 5.75 Å². The van der Waals surface area contributed by atoms with E-state index in [1.165, 1.54) is 3.97 Å². The van der Waals surface area contributed by atoms with Gasteiger partial charge in [0, 0.05) is 39.7 Å². The van der Waals surface area contributed by atoms with Gasteiger partial charge in [-0.25, -0.2) is 12.4 Å². The fourth-order valence-electron chi connectivity index (χ4n) is 3.75. The monoisotopic (exact) mass is 508 g/mol. The molecular formula is C22H22BrClN2O3S. The van der Waals surface area contributed by atoms with Crippen LogP contribution in [-0.2, 0) is 10.0 Å². The summed E-state index contributed by atoms with van der Waals surface area (Å²) in [7, 11) is -3.82. The molecule has 0 N–H and O–H groups in total. The molecule has 3 aromatic rings. The molecule has 1 aromatic heterocycles. The predicted molar refractivity (Wildman–Crippen MR) is 125 cm³/mol. The molecule has 30 heavy (non-hydrogen) atoms. The molecule has 0 saturated carbocycles. The molecule has 158 valence electrons. The minimum atomic E-state index is -3.82. The Morgan fingerprint density at radius 2 is 1.90 bits per heavy atom. The summed E-state index contributed by atoms with van der Waals surface area (Å²) in [4.78, 5) is 2.43. The van der Waals surface area contributed by atoms with Crippen LogP contribution in [0.25, 0.3) is 16.5 Å². The predicted octanol–water partition coefficient (Wildman–Crippen LogP) is 5.32. The highest BCUT2D eigenvalue weighted by Gasteiger charge is 2.28. The quantitative estimate of drug-likeness (QED) is 0.451. The Morgan fingerprint density at radius 3 is 2.57 bits per heavy atom. The minimum Gasteiger partial charge on any atom is -0.494 e. The summed E-state index contributed by atoms with van der Waals surface area (Å²) >= 11 is 9.97. The average Bonchev–Trinajstić information content (AvgIpc) is 3.28. The number of benzene rings is 2. The highest BCUT2D eigenvalue weighted by Crippen LogP contribution is 2.38. The van der Waals surface area contributed by atoms with Gasteiger partial charge >= 0.3 is 0 Å². The van der Waals surface area contributed by atoms with E-state index in [1.54, 1.807) is 42.6 Å². The molecule has 4 rings (SSSR count). The van der Waals surface area contributed by atoms with Gasteiger partial charge in [-0.1, -0.05) is 30.7 Å². The lowest BCUT2D eigenvalue weighted by atomic mass is 10.1. The van der Waals surface area contributed by atoms with E-state index in [1.807, 2.05) is 13.0 Å². The van der Waals surface area contributed by atoms with Crippen molar-refractivity contribution in [2.75, 3.05) is 26.2 Å². The first-order valence-electron chi connectivity index (χ1n) is 9.75. The molecule has 0 bridgehead atoms. The SMILES string of the molecule is CCOc1ccc2c(c1)c(C1=C(Cl)CN(CC)C1)cn2S(=O)(=O)c1ccccc1Br. The summed E-state index contributed by atoms with van der Waals surface area (Å²) in [5.74, 6) is 0.698. The lowest BCUT2D eigenvalue weighted by molar-refractivity contribution is 0.340. The standard InChI is InChI=1S/C22H22BrClN2O3S/c1-3-25-12-18(20(24)14-25)17-13-26(21-10-9-15(29-4-2)11-16(17)21)30(27,28)22-8-6-5-7-19(22)23/h5-11,13H,3-4,12,14H2,1-2H3. The third kappa shape index (κ3) is 3.68. The molecule has 0 unspecified atom stereocenters. The smallest absolute Gasteiger partial charge is 0.269 e. The Kier molecular flexibility index (Phi) is 5.99. The third-order valence-electron chi connectivity index (χ3n) is 5.27. The fourth-order valence-corrected chi connectivity index (χ4v) is 6.42. The Hall–Kier alpha value is -1.80. The van der Waals surface area contributed by atoms with E-state index < -0.39 is 10.0 Å². The summed E-state index contributed by atoms with van der Waals surface area (Å²) < 4.78 is 34.6. The average molecular weight is 510 g/mol. The number of nitrogens with zero attached hydrogens (tertiary/aromatic N) is 2. The van der Waals surface area contributed by atoms with Gasteiger partial charge in [0.1, 0.15) is 10.6 Å². The number of halogens is 2. The van der Waals surface area contributed by atoms with E-state index in [2.05, 4.69) is 27.8 Å². The third-order valence-corrected chi connectivity index (χ3v) is 8.30. The van der Waals surface area contributed by atoms with Crippen molar-refractivity contribution in [2.24, 2.45) is 0 Å². The molecule has 0 amide bonds. The second-order valence-corrected chi connectivity index (χ2v) is 10.2. The lowest BCUT2D eigenvalue weighted by Gasteiger charge is -2.11. The number of likely N-dealkylation sites (N-methyl/N-ethyl adjacent to an activating group) is 1. The fraction of sp³-hybridized carbons (Fsp3) is 0.273. The number of rotatable bonds is 6. The topological polar surface area (TPSA) is 51.5 Å². The zero-order valence-electron chi connectivity index (χ0n) is 16.7. The van der Waals surface area contributed by atoms with Crippen molar-refractivity contribution in [3.63, 3.8) is 0 Å². The summed E-state index contributed by atoms with van der Waals surface area (Å²) in [5, 5.41) is 1.55. The van der Waals surface area contributed by atoms with Crippen molar-refractivity contribution >= 4 is 54.0 Å². The molecule has 0 aliphatic carbocycles. The van der Waals surface area contributed by atoms with Crippen molar-refractivity contribution in [3.05, 3.63) is 63.7 Å². The Labute approximate surface area is 190 Å². The molecular weight excluding hydrogens is 488 g/mol. The van der Waals surface area contributed by atoms with Crippen molar-refractivity contribution in [3.8, 4) is 5.75 Å². The molecule has 0 radical (unpaired) electrons. The first kappa shape index (κ1) is 21.4. The summed E-state index contributed by atoms with van der Waals surface area (Å²) in [5.41, 5.74) is 2.37. The number of fused-ring (bicyclic) bond motifs is 1. The van der Waals surface area contributed by atoms with Gasteiger partial charge in [0.15, 0.2) is 0 Å². The van der Waals surface area contributed by atoms with E-state index in [0.29, 0.717) is 35.4 Å². The van der Waals surface area contributed by atoms with Crippen LogP contribution in [-0.4, -0.2) is 43.5 Å². The van der Waals surface area contributed by atoms with Crippen LogP contribution in [0.3, 0.4) is 0 Å². The summed E-state index contributed by atoms with van der Waals surface area (Å²) in [6.07, 6.45) is 1.69. The van der Waals surface area contributed by atoms with Crippen LogP contribution in [0.15, 0.2) is 63.1 Å². The van der Waals surface area contributed by atoms with E-state index >= 15 is 0 Å². The molecule has 1 aliphatic heterocycles. The molecule has 1 aliphatic rings. The van der Waals surface area contributed by atoms with Crippen molar-refractivity contribution in [1.29, 1.82) is 0 Å². The van der Waals surface area contributed by atoms with Crippen LogP contribution >= 0.6 is 27.5 Å². The first-order valence-corrected chi connectivity index (χ1v) is 12.4. The van der Waals surface area contributed by atoms with E-state index in [0.717, 1.165) is 28.1 Å². The maximum Gasteiger partial charge on any atom is 0.269 e. The van der Waals surface area contributed by atoms with E-state index in [9.17, 15) is 8.42 Å². The van der Waals surface area contributed by atoms with Crippen LogP contribution in [0.1, 0.15) is 19.4 Å². The zero-order chi connectivity index (χ0) is 21.5. The maximum atomic E-state index is 13.6. The highest BCUT2D eigenvalue weighted by atomic mass is 79.9. The Balaban J connectivity index is 1.96. The largest absolute Gasteiger partial charge is 0.494 e. The Bertz CT molecular complexity index is 1250. The maximum absolute atomic E-state index is 13.6. The molecule has 0 saturated heterocycles. The molecule has 0 spiro atoms. The van der Waals surface area contributed by atoms with Crippen molar-refractivity contribution in [2.45, 2.75) is 18.7 Å². The molecule has 0 fully saturated rings. The van der Waals surface area contributed by atoms with Crippen molar-refractivity contribution in [1.82, 2.24) is 8.87 Å².